The lowest BCUT2D eigenvalue weighted by Crippen LogP contribution is -2.37. The maximum atomic E-state index is 11.4. The number of aliphatic carboxylic acids is 1. The van der Waals surface area contributed by atoms with Gasteiger partial charge in [0.25, 0.3) is 0 Å². The summed E-state index contributed by atoms with van der Waals surface area (Å²) in [6.07, 6.45) is 5.80. The number of fused-ring (bicyclic) bond motifs is 1. The van der Waals surface area contributed by atoms with Gasteiger partial charge in [0.1, 0.15) is 5.75 Å². The molecule has 2 aromatic heterocycles. The number of halogens is 1. The van der Waals surface area contributed by atoms with Crippen LogP contribution >= 0.6 is 12.4 Å². The maximum Gasteiger partial charge on any atom is 0.347 e. The van der Waals surface area contributed by atoms with Gasteiger partial charge in [-0.2, -0.15) is 0 Å². The molecular formula is C22H27ClN2O3. The SMILES string of the molecule is CCCCn1c(C)c(-c2ccncc2)c2cc(OC(C)(C)C(=O)O)ccc21.Cl. The van der Waals surface area contributed by atoms with Crippen LogP contribution in [0.5, 0.6) is 5.75 Å². The predicted molar refractivity (Wildman–Crippen MR) is 114 cm³/mol. The van der Waals surface area contributed by atoms with Crippen LogP contribution in [-0.4, -0.2) is 26.2 Å². The summed E-state index contributed by atoms with van der Waals surface area (Å²) >= 11 is 0. The molecule has 1 N–H and O–H groups in total. The van der Waals surface area contributed by atoms with Gasteiger partial charge in [-0.1, -0.05) is 13.3 Å². The minimum atomic E-state index is -1.29. The average Bonchev–Trinajstić information content (AvgIpc) is 2.91. The van der Waals surface area contributed by atoms with Crippen LogP contribution in [0, 0.1) is 6.92 Å². The van der Waals surface area contributed by atoms with Crippen LogP contribution in [0.1, 0.15) is 39.3 Å². The van der Waals surface area contributed by atoms with Crippen LogP contribution in [-0.2, 0) is 11.3 Å². The largest absolute Gasteiger partial charge is 0.478 e. The number of rotatable bonds is 7. The highest BCUT2D eigenvalue weighted by atomic mass is 35.5. The second kappa shape index (κ2) is 8.65. The van der Waals surface area contributed by atoms with Crippen molar-refractivity contribution in [1.29, 1.82) is 0 Å². The number of carbonyl (C=O) groups is 1. The number of aromatic nitrogens is 2. The van der Waals surface area contributed by atoms with Gasteiger partial charge >= 0.3 is 5.97 Å². The molecule has 0 aliphatic rings. The molecule has 28 heavy (non-hydrogen) atoms. The highest BCUT2D eigenvalue weighted by Gasteiger charge is 2.29. The van der Waals surface area contributed by atoms with Gasteiger partial charge in [-0.15, -0.1) is 12.4 Å². The summed E-state index contributed by atoms with van der Waals surface area (Å²) in [4.78, 5) is 15.5. The lowest BCUT2D eigenvalue weighted by molar-refractivity contribution is -0.152. The van der Waals surface area contributed by atoms with Gasteiger partial charge in [0.15, 0.2) is 5.60 Å². The van der Waals surface area contributed by atoms with Gasteiger partial charge < -0.3 is 14.4 Å². The summed E-state index contributed by atoms with van der Waals surface area (Å²) in [6.45, 7) is 8.38. The number of ether oxygens (including phenoxy) is 1. The zero-order valence-corrected chi connectivity index (χ0v) is 17.5. The van der Waals surface area contributed by atoms with Gasteiger partial charge in [-0.3, -0.25) is 4.98 Å². The Morgan fingerprint density at radius 2 is 1.89 bits per heavy atom. The van der Waals surface area contributed by atoms with Crippen molar-refractivity contribution in [1.82, 2.24) is 9.55 Å². The molecule has 0 radical (unpaired) electrons. The molecule has 3 rings (SSSR count). The van der Waals surface area contributed by atoms with E-state index >= 15 is 0 Å². The predicted octanol–water partition coefficient (Wildman–Crippen LogP) is 5.48. The minimum absolute atomic E-state index is 0. The Morgan fingerprint density at radius 3 is 2.50 bits per heavy atom. The van der Waals surface area contributed by atoms with E-state index in [1.54, 1.807) is 26.2 Å². The second-order valence-electron chi connectivity index (χ2n) is 7.30. The Morgan fingerprint density at radius 1 is 1.21 bits per heavy atom. The van der Waals surface area contributed by atoms with Crippen LogP contribution in [0.3, 0.4) is 0 Å². The number of pyridine rings is 1. The number of carboxylic acid groups (broad SMARTS) is 1. The number of hydrogen-bond donors (Lipinski definition) is 1. The Kier molecular flexibility index (Phi) is 6.73. The Hall–Kier alpha value is -2.53. The maximum absolute atomic E-state index is 11.4. The third-order valence-corrected chi connectivity index (χ3v) is 4.89. The first-order valence-corrected chi connectivity index (χ1v) is 9.30. The molecule has 0 spiro atoms. The van der Waals surface area contributed by atoms with Crippen molar-refractivity contribution >= 4 is 29.3 Å². The number of aryl methyl sites for hydroxylation is 1. The molecule has 0 amide bonds. The van der Waals surface area contributed by atoms with Gasteiger partial charge in [0.2, 0.25) is 0 Å². The van der Waals surface area contributed by atoms with E-state index in [1.807, 2.05) is 30.3 Å². The molecule has 0 aliphatic carbocycles. The summed E-state index contributed by atoms with van der Waals surface area (Å²) in [7, 11) is 0. The summed E-state index contributed by atoms with van der Waals surface area (Å²) in [5.41, 5.74) is 3.27. The minimum Gasteiger partial charge on any atom is -0.478 e. The average molecular weight is 403 g/mol. The molecule has 0 aliphatic heterocycles. The van der Waals surface area contributed by atoms with Crippen LogP contribution in [0.15, 0.2) is 42.7 Å². The topological polar surface area (TPSA) is 64.4 Å². The number of carboxylic acids is 1. The summed E-state index contributed by atoms with van der Waals surface area (Å²) < 4.78 is 8.11. The van der Waals surface area contributed by atoms with Gasteiger partial charge in [0, 0.05) is 41.1 Å². The van der Waals surface area contributed by atoms with Crippen molar-refractivity contribution in [3.05, 3.63) is 48.4 Å². The lowest BCUT2D eigenvalue weighted by atomic mass is 10.0. The van der Waals surface area contributed by atoms with E-state index in [9.17, 15) is 9.90 Å². The lowest BCUT2D eigenvalue weighted by Gasteiger charge is -2.21. The standard InChI is InChI=1S/C22H26N2O3.ClH/c1-5-6-13-24-15(2)20(16-9-11-23-12-10-16)18-14-17(7-8-19(18)24)27-22(3,4)21(25)26;/h7-12,14H,5-6,13H2,1-4H3,(H,25,26);1H. The number of unbranched alkanes of at least 4 members (excludes halogenated alkanes) is 1. The van der Waals surface area contributed by atoms with Gasteiger partial charge in [-0.05, 0) is 63.1 Å². The third-order valence-electron chi connectivity index (χ3n) is 4.89. The molecule has 6 heteroatoms. The third kappa shape index (κ3) is 4.14. The normalized spacial score (nSPS) is 11.3. The zero-order valence-electron chi connectivity index (χ0n) is 16.7. The van der Waals surface area contributed by atoms with Gasteiger partial charge in [0.05, 0.1) is 0 Å². The van der Waals surface area contributed by atoms with Crippen molar-refractivity contribution in [2.75, 3.05) is 0 Å². The molecule has 0 saturated heterocycles. The number of nitrogens with zero attached hydrogens (tertiary/aromatic N) is 2. The van der Waals surface area contributed by atoms with Crippen molar-refractivity contribution in [3.63, 3.8) is 0 Å². The fourth-order valence-corrected chi connectivity index (χ4v) is 3.35. The van der Waals surface area contributed by atoms with E-state index in [4.69, 9.17) is 4.74 Å². The van der Waals surface area contributed by atoms with Crippen LogP contribution in [0.25, 0.3) is 22.0 Å². The zero-order chi connectivity index (χ0) is 19.6. The molecule has 0 atom stereocenters. The molecule has 150 valence electrons. The summed E-state index contributed by atoms with van der Waals surface area (Å²) in [5, 5.41) is 10.4. The van der Waals surface area contributed by atoms with E-state index in [0.29, 0.717) is 5.75 Å². The molecule has 3 aromatic rings. The molecule has 0 saturated carbocycles. The Balaban J connectivity index is 0.00000280. The fourth-order valence-electron chi connectivity index (χ4n) is 3.35. The van der Waals surface area contributed by atoms with Crippen LogP contribution in [0.4, 0.5) is 0 Å². The first-order valence-electron chi connectivity index (χ1n) is 9.30. The molecule has 0 unspecified atom stereocenters. The Bertz CT molecular complexity index is 965. The highest BCUT2D eigenvalue weighted by Crippen LogP contribution is 2.37. The molecular weight excluding hydrogens is 376 g/mol. The van der Waals surface area contributed by atoms with Crippen molar-refractivity contribution < 1.29 is 14.6 Å². The monoisotopic (exact) mass is 402 g/mol. The highest BCUT2D eigenvalue weighted by molar-refractivity contribution is 5.98. The van der Waals surface area contributed by atoms with E-state index in [1.165, 1.54) is 5.69 Å². The van der Waals surface area contributed by atoms with Crippen LogP contribution in [0.2, 0.25) is 0 Å². The second-order valence-corrected chi connectivity index (χ2v) is 7.30. The molecule has 1 aromatic carbocycles. The van der Waals surface area contributed by atoms with E-state index in [0.717, 1.165) is 41.4 Å². The first kappa shape index (κ1) is 21.8. The van der Waals surface area contributed by atoms with Crippen molar-refractivity contribution in [2.24, 2.45) is 0 Å². The fraction of sp³-hybridized carbons (Fsp3) is 0.364. The molecule has 0 bridgehead atoms. The molecule has 0 fully saturated rings. The van der Waals surface area contributed by atoms with Crippen LogP contribution < -0.4 is 4.74 Å². The Labute approximate surface area is 171 Å². The summed E-state index contributed by atoms with van der Waals surface area (Å²) in [5.74, 6) is -0.438. The first-order chi connectivity index (χ1) is 12.8. The number of benzene rings is 1. The van der Waals surface area contributed by atoms with E-state index in [-0.39, 0.29) is 12.4 Å². The van der Waals surface area contributed by atoms with Gasteiger partial charge in [-0.25, -0.2) is 4.79 Å². The van der Waals surface area contributed by atoms with E-state index < -0.39 is 11.6 Å². The van der Waals surface area contributed by atoms with Crippen molar-refractivity contribution in [2.45, 2.75) is 52.7 Å². The summed E-state index contributed by atoms with van der Waals surface area (Å²) in [6, 6.07) is 9.83. The molecule has 2 heterocycles. The van der Waals surface area contributed by atoms with Crippen molar-refractivity contribution in [3.8, 4) is 16.9 Å². The number of hydrogen-bond acceptors (Lipinski definition) is 3. The van der Waals surface area contributed by atoms with E-state index in [2.05, 4.69) is 23.4 Å². The molecule has 5 nitrogen and oxygen atoms in total. The smallest absolute Gasteiger partial charge is 0.347 e. The quantitative estimate of drug-likeness (QED) is 0.568.